The van der Waals surface area contributed by atoms with Crippen LogP contribution in [-0.4, -0.2) is 0 Å². The van der Waals surface area contributed by atoms with Crippen LogP contribution in [0, 0.1) is 0 Å². The Balaban J connectivity index is 1.36. The Labute approximate surface area is 355 Å². The van der Waals surface area contributed by atoms with E-state index in [9.17, 15) is 12.3 Å². The summed E-state index contributed by atoms with van der Waals surface area (Å²) in [4.78, 5) is 1.28. The zero-order valence-corrected chi connectivity index (χ0v) is 31.6. The van der Waals surface area contributed by atoms with Crippen LogP contribution >= 0.6 is 0 Å². The monoisotopic (exact) mass is 749 g/mol. The van der Waals surface area contributed by atoms with Crippen LogP contribution in [-0.2, 0) is 10.8 Å². The van der Waals surface area contributed by atoms with Crippen molar-refractivity contribution in [3.63, 3.8) is 0 Å². The van der Waals surface area contributed by atoms with E-state index < -0.39 is 47.1 Å². The number of hydrogen-bond donors (Lipinski definition) is 0. The summed E-state index contributed by atoms with van der Waals surface area (Å²) in [5.74, 6) is 0. The van der Waals surface area contributed by atoms with Crippen molar-refractivity contribution in [1.29, 1.82) is 0 Å². The first-order valence-electron chi connectivity index (χ1n) is 24.5. The molecule has 9 aromatic rings. The molecule has 0 N–H and O–H groups in total. The van der Waals surface area contributed by atoms with Gasteiger partial charge in [-0.3, -0.25) is 0 Å². The Kier molecular flexibility index (Phi) is 5.83. The third-order valence-corrected chi connectivity index (χ3v) is 12.0. The SMILES string of the molecule is [2H]c1c([2H])c([2H])c(N(c2c([2H])c([2H])c3c(c2[2H])C(C)(c2ccccc2)c2ccccc2-3)c2c([2H])c([2H])c3c(c2[2H])C(c2ccccc2)(c2ccccc2)c2ccccc2-3)c(-c2ccccc2)c1[2H]. The van der Waals surface area contributed by atoms with Crippen molar-refractivity contribution in [3.8, 4) is 33.4 Å². The Morgan fingerprint density at radius 3 is 1.47 bits per heavy atom. The maximum Gasteiger partial charge on any atom is 0.0714 e. The van der Waals surface area contributed by atoms with Crippen molar-refractivity contribution >= 4 is 17.1 Å². The molecular weight excluding hydrogens is 699 g/mol. The van der Waals surface area contributed by atoms with Crippen LogP contribution < -0.4 is 4.90 Å². The van der Waals surface area contributed by atoms with E-state index in [1.165, 1.54) is 4.90 Å². The quantitative estimate of drug-likeness (QED) is 0.157. The first-order chi connectivity index (χ1) is 32.9. The molecule has 2 aliphatic rings. The summed E-state index contributed by atoms with van der Waals surface area (Å²) in [6, 6.07) is 49.1. The van der Waals surface area contributed by atoms with Gasteiger partial charge in [-0.05, 0) is 104 Å². The van der Waals surface area contributed by atoms with Gasteiger partial charge in [0.2, 0.25) is 0 Å². The highest BCUT2D eigenvalue weighted by Gasteiger charge is 2.46. The molecule has 0 spiro atoms. The molecule has 0 aromatic heterocycles. The minimum absolute atomic E-state index is 0.00281. The lowest BCUT2D eigenvalue weighted by atomic mass is 9.67. The van der Waals surface area contributed by atoms with Crippen molar-refractivity contribution in [2.24, 2.45) is 0 Å². The highest BCUT2D eigenvalue weighted by atomic mass is 15.1. The van der Waals surface area contributed by atoms with Gasteiger partial charge in [0.25, 0.3) is 0 Å². The fourth-order valence-electron chi connectivity index (χ4n) is 9.35. The molecule has 0 saturated carbocycles. The van der Waals surface area contributed by atoms with E-state index in [2.05, 4.69) is 0 Å². The summed E-state index contributed by atoms with van der Waals surface area (Å²) in [6.45, 7) is 1.99. The molecule has 0 heterocycles. The minimum Gasteiger partial charge on any atom is -0.310 e. The fraction of sp³-hybridized carbons (Fsp3) is 0.0526. The highest BCUT2D eigenvalue weighted by molar-refractivity contribution is 5.94. The first kappa shape index (κ1) is 25.1. The normalized spacial score (nSPS) is 17.9. The van der Waals surface area contributed by atoms with Gasteiger partial charge in [-0.1, -0.05) is 200 Å². The molecule has 0 amide bonds. The van der Waals surface area contributed by atoms with Crippen LogP contribution in [0.15, 0.2) is 230 Å². The maximum atomic E-state index is 10.8. The van der Waals surface area contributed by atoms with Gasteiger partial charge < -0.3 is 4.90 Å². The summed E-state index contributed by atoms with van der Waals surface area (Å²) in [7, 11) is 0. The molecule has 0 fully saturated rings. The zero-order valence-electron chi connectivity index (χ0n) is 41.6. The predicted octanol–water partition coefficient (Wildman–Crippen LogP) is 14.5. The maximum absolute atomic E-state index is 10.8. The average molecular weight is 750 g/mol. The average Bonchev–Trinajstić information content (AvgIpc) is 3.85. The van der Waals surface area contributed by atoms with E-state index in [1.807, 2.05) is 146 Å². The second-order valence-electron chi connectivity index (χ2n) is 14.9. The molecule has 0 aliphatic heterocycles. The van der Waals surface area contributed by atoms with Crippen molar-refractivity contribution in [2.75, 3.05) is 4.90 Å². The molecule has 1 nitrogen and oxygen atoms in total. The van der Waals surface area contributed by atoms with Crippen molar-refractivity contribution in [3.05, 3.63) is 269 Å². The second-order valence-corrected chi connectivity index (χ2v) is 14.9. The number of anilines is 3. The van der Waals surface area contributed by atoms with Gasteiger partial charge in [0, 0.05) is 22.4 Å². The number of para-hydroxylation sites is 1. The summed E-state index contributed by atoms with van der Waals surface area (Å²) in [5, 5.41) is 0. The van der Waals surface area contributed by atoms with E-state index in [-0.39, 0.29) is 46.8 Å². The fourth-order valence-corrected chi connectivity index (χ4v) is 9.35. The van der Waals surface area contributed by atoms with Gasteiger partial charge in [-0.25, -0.2) is 0 Å². The Morgan fingerprint density at radius 1 is 0.379 bits per heavy atom. The van der Waals surface area contributed by atoms with Gasteiger partial charge in [0.1, 0.15) is 0 Å². The van der Waals surface area contributed by atoms with Gasteiger partial charge in [-0.2, -0.15) is 0 Å². The van der Waals surface area contributed by atoms with E-state index in [0.717, 1.165) is 27.8 Å². The molecule has 58 heavy (non-hydrogen) atoms. The lowest BCUT2D eigenvalue weighted by Gasteiger charge is -2.35. The van der Waals surface area contributed by atoms with Crippen LogP contribution in [0.25, 0.3) is 33.4 Å². The molecule has 1 unspecified atom stereocenters. The molecule has 274 valence electrons. The highest BCUT2D eigenvalue weighted by Crippen LogP contribution is 2.58. The van der Waals surface area contributed by atoms with Gasteiger partial charge in [0.05, 0.1) is 24.8 Å². The topological polar surface area (TPSA) is 3.24 Å². The molecule has 2 aliphatic carbocycles. The number of rotatable bonds is 7. The van der Waals surface area contributed by atoms with Crippen LogP contribution in [0.4, 0.5) is 17.1 Å². The molecule has 9 aromatic carbocycles. The van der Waals surface area contributed by atoms with Crippen LogP contribution in [0.5, 0.6) is 0 Å². The van der Waals surface area contributed by atoms with Crippen LogP contribution in [0.2, 0.25) is 0 Å². The molecule has 1 atom stereocenters. The number of fused-ring (bicyclic) bond motifs is 6. The van der Waals surface area contributed by atoms with Gasteiger partial charge in [-0.15, -0.1) is 0 Å². The number of hydrogen-bond acceptors (Lipinski definition) is 1. The minimum atomic E-state index is -1.24. The lowest BCUT2D eigenvalue weighted by molar-refractivity contribution is 0.714. The zero-order chi connectivity index (χ0) is 47.4. The standard InChI is InChI=1S/C57H41N/c1-56(41-22-8-3-9-23-41)51-31-17-14-29-47(51)49-36-34-44(38-53(49)56)58(55-33-19-16-28-46(55)40-20-6-2-7-21-40)45-35-37-50-48-30-15-18-32-52(48)57(54(50)39-45,42-24-10-4-11-25-42)43-26-12-5-13-27-43/h2-39H,1H3/i16D,19D,28D,33D,34D,35D,36D,37D,38D,39D. The Hall–Kier alpha value is -7.22. The van der Waals surface area contributed by atoms with Gasteiger partial charge in [0.15, 0.2) is 0 Å². The summed E-state index contributed by atoms with van der Waals surface area (Å²) in [5.41, 5.74) is 4.21. The predicted molar refractivity (Wildman–Crippen MR) is 241 cm³/mol. The molecule has 0 bridgehead atoms. The first-order valence-corrected chi connectivity index (χ1v) is 19.5. The summed E-state index contributed by atoms with van der Waals surface area (Å²) < 4.78 is 99.2. The third kappa shape index (κ3) is 4.96. The summed E-state index contributed by atoms with van der Waals surface area (Å²) in [6.07, 6.45) is 0. The van der Waals surface area contributed by atoms with Crippen molar-refractivity contribution in [2.45, 2.75) is 17.8 Å². The molecule has 0 saturated heterocycles. The molecule has 1 heteroatoms. The van der Waals surface area contributed by atoms with Gasteiger partial charge >= 0.3 is 0 Å². The van der Waals surface area contributed by atoms with E-state index in [1.54, 1.807) is 30.3 Å². The van der Waals surface area contributed by atoms with Crippen molar-refractivity contribution < 1.29 is 13.7 Å². The van der Waals surface area contributed by atoms with E-state index in [4.69, 9.17) is 1.37 Å². The largest absolute Gasteiger partial charge is 0.310 e. The van der Waals surface area contributed by atoms with Crippen LogP contribution in [0.3, 0.4) is 0 Å². The molecule has 11 rings (SSSR count). The summed E-state index contributed by atoms with van der Waals surface area (Å²) >= 11 is 0. The number of nitrogens with zero attached hydrogens (tertiary/aromatic N) is 1. The van der Waals surface area contributed by atoms with Crippen molar-refractivity contribution in [1.82, 2.24) is 0 Å². The lowest BCUT2D eigenvalue weighted by Crippen LogP contribution is -2.28. The van der Waals surface area contributed by atoms with E-state index >= 15 is 0 Å². The Morgan fingerprint density at radius 2 is 0.845 bits per heavy atom. The smallest absolute Gasteiger partial charge is 0.0714 e. The van der Waals surface area contributed by atoms with E-state index in [0.29, 0.717) is 38.9 Å². The molecule has 0 radical (unpaired) electrons. The Bertz CT molecular complexity index is 3490. The van der Waals surface area contributed by atoms with Crippen LogP contribution in [0.1, 0.15) is 59.6 Å². The second kappa shape index (κ2) is 13.5. The third-order valence-electron chi connectivity index (χ3n) is 12.0. The number of benzene rings is 9. The molecular formula is C57H41N.